The lowest BCUT2D eigenvalue weighted by molar-refractivity contribution is 0.0697. The summed E-state index contributed by atoms with van der Waals surface area (Å²) in [6.07, 6.45) is 0. The van der Waals surface area contributed by atoms with Gasteiger partial charge in [0.2, 0.25) is 0 Å². The van der Waals surface area contributed by atoms with Crippen LogP contribution < -0.4 is 0 Å². The first-order valence-corrected chi connectivity index (χ1v) is 5.77. The maximum Gasteiger partial charge on any atom is 0.336 e. The Balaban J connectivity index is 2.77. The van der Waals surface area contributed by atoms with Gasteiger partial charge in [0.05, 0.1) is 5.56 Å². The van der Waals surface area contributed by atoms with Crippen molar-refractivity contribution in [3.8, 4) is 11.1 Å². The Kier molecular flexibility index (Phi) is 3.53. The van der Waals surface area contributed by atoms with Gasteiger partial charge in [0.15, 0.2) is 0 Å². The molecule has 0 saturated heterocycles. The third kappa shape index (κ3) is 2.58. The van der Waals surface area contributed by atoms with Gasteiger partial charge in [-0.15, -0.1) is 0 Å². The van der Waals surface area contributed by atoms with Crippen molar-refractivity contribution in [1.82, 2.24) is 0 Å². The number of carboxylic acid groups (broad SMARTS) is 1. The topological polar surface area (TPSA) is 37.3 Å². The molecule has 0 radical (unpaired) electrons. The minimum atomic E-state index is -1.33. The first kappa shape index (κ1) is 13.5. The average molecular weight is 283 g/mol. The molecule has 98 valence electrons. The molecular formula is C14H9ClF2O2. The van der Waals surface area contributed by atoms with Gasteiger partial charge in [0, 0.05) is 10.6 Å². The summed E-state index contributed by atoms with van der Waals surface area (Å²) in [6.45, 7) is 1.48. The Morgan fingerprint density at radius 1 is 1.11 bits per heavy atom. The predicted molar refractivity (Wildman–Crippen MR) is 68.5 cm³/mol. The molecule has 2 nitrogen and oxygen atoms in total. The Morgan fingerprint density at radius 3 is 2.42 bits per heavy atom. The number of benzene rings is 2. The number of hydrogen-bond donors (Lipinski definition) is 1. The van der Waals surface area contributed by atoms with Gasteiger partial charge in [-0.3, -0.25) is 0 Å². The van der Waals surface area contributed by atoms with E-state index in [4.69, 9.17) is 16.7 Å². The number of aromatic carboxylic acids is 1. The molecule has 2 aromatic rings. The normalized spacial score (nSPS) is 10.5. The van der Waals surface area contributed by atoms with Crippen molar-refractivity contribution < 1.29 is 18.7 Å². The molecule has 0 fully saturated rings. The summed E-state index contributed by atoms with van der Waals surface area (Å²) in [5.41, 5.74) is 0.0723. The maximum absolute atomic E-state index is 13.8. The van der Waals surface area contributed by atoms with Crippen LogP contribution in [0.4, 0.5) is 8.78 Å². The smallest absolute Gasteiger partial charge is 0.336 e. The summed E-state index contributed by atoms with van der Waals surface area (Å²) in [4.78, 5) is 11.1. The zero-order valence-corrected chi connectivity index (χ0v) is 10.6. The minimum Gasteiger partial charge on any atom is -0.478 e. The highest BCUT2D eigenvalue weighted by molar-refractivity contribution is 6.30. The lowest BCUT2D eigenvalue weighted by Crippen LogP contribution is -2.03. The van der Waals surface area contributed by atoms with Gasteiger partial charge < -0.3 is 5.11 Å². The van der Waals surface area contributed by atoms with Gasteiger partial charge in [-0.05, 0) is 48.4 Å². The molecule has 0 aliphatic carbocycles. The van der Waals surface area contributed by atoms with E-state index < -0.39 is 17.6 Å². The molecule has 0 atom stereocenters. The lowest BCUT2D eigenvalue weighted by atomic mass is 9.97. The van der Waals surface area contributed by atoms with E-state index in [0.29, 0.717) is 0 Å². The number of carboxylic acids is 1. The molecule has 0 aliphatic heterocycles. The fraction of sp³-hybridized carbons (Fsp3) is 0.0714. The van der Waals surface area contributed by atoms with Gasteiger partial charge in [0.1, 0.15) is 11.6 Å². The highest BCUT2D eigenvalue weighted by Gasteiger charge is 2.17. The molecular weight excluding hydrogens is 274 g/mol. The van der Waals surface area contributed by atoms with Crippen molar-refractivity contribution >= 4 is 17.6 Å². The molecule has 0 saturated carbocycles. The van der Waals surface area contributed by atoms with Gasteiger partial charge in [-0.1, -0.05) is 11.6 Å². The molecule has 1 N–H and O–H groups in total. The lowest BCUT2D eigenvalue weighted by Gasteiger charge is -2.10. The molecule has 0 spiro atoms. The van der Waals surface area contributed by atoms with Gasteiger partial charge in [-0.25, -0.2) is 13.6 Å². The Hall–Kier alpha value is -1.94. The van der Waals surface area contributed by atoms with Crippen LogP contribution in [0.1, 0.15) is 15.9 Å². The molecule has 0 aliphatic rings. The van der Waals surface area contributed by atoms with Crippen molar-refractivity contribution in [1.29, 1.82) is 0 Å². The van der Waals surface area contributed by atoms with Gasteiger partial charge >= 0.3 is 5.97 Å². The number of halogens is 3. The number of hydrogen-bond acceptors (Lipinski definition) is 1. The first-order chi connectivity index (χ1) is 8.90. The first-order valence-electron chi connectivity index (χ1n) is 5.39. The summed E-state index contributed by atoms with van der Waals surface area (Å²) < 4.78 is 27.2. The standard InChI is InChI=1S/C14H9ClF2O2/c1-7-4-9(11(14(18)19)6-13(7)17)10-5-8(15)2-3-12(10)16/h2-6H,1H3,(H,18,19). The van der Waals surface area contributed by atoms with E-state index in [1.54, 1.807) is 0 Å². The quantitative estimate of drug-likeness (QED) is 0.892. The van der Waals surface area contributed by atoms with Crippen molar-refractivity contribution in [3.05, 3.63) is 58.1 Å². The van der Waals surface area contributed by atoms with Crippen LogP contribution in [0.5, 0.6) is 0 Å². The van der Waals surface area contributed by atoms with Crippen LogP contribution in [0.25, 0.3) is 11.1 Å². The third-order valence-corrected chi connectivity index (χ3v) is 2.98. The van der Waals surface area contributed by atoms with Crippen molar-refractivity contribution in [2.24, 2.45) is 0 Å². The predicted octanol–water partition coefficient (Wildman–Crippen LogP) is 4.29. The minimum absolute atomic E-state index is 0.0352. The van der Waals surface area contributed by atoms with Gasteiger partial charge in [-0.2, -0.15) is 0 Å². The Morgan fingerprint density at radius 2 is 1.79 bits per heavy atom. The summed E-state index contributed by atoms with van der Waals surface area (Å²) in [5, 5.41) is 9.35. The summed E-state index contributed by atoms with van der Waals surface area (Å²) in [6, 6.07) is 6.00. The molecule has 0 unspecified atom stereocenters. The molecule has 0 amide bonds. The van der Waals surface area contributed by atoms with Crippen LogP contribution in [-0.4, -0.2) is 11.1 Å². The summed E-state index contributed by atoms with van der Waals surface area (Å²) in [7, 11) is 0. The largest absolute Gasteiger partial charge is 0.478 e. The molecule has 0 bridgehead atoms. The maximum atomic E-state index is 13.8. The highest BCUT2D eigenvalue weighted by Crippen LogP contribution is 2.30. The van der Waals surface area contributed by atoms with E-state index in [-0.39, 0.29) is 27.3 Å². The second-order valence-corrected chi connectivity index (χ2v) is 4.51. The monoisotopic (exact) mass is 282 g/mol. The number of rotatable bonds is 2. The molecule has 5 heteroatoms. The van der Waals surface area contributed by atoms with E-state index >= 15 is 0 Å². The molecule has 19 heavy (non-hydrogen) atoms. The van der Waals surface area contributed by atoms with Crippen molar-refractivity contribution in [2.75, 3.05) is 0 Å². The fourth-order valence-electron chi connectivity index (χ4n) is 1.79. The second kappa shape index (κ2) is 4.97. The van der Waals surface area contributed by atoms with E-state index in [0.717, 1.165) is 12.1 Å². The van der Waals surface area contributed by atoms with Crippen LogP contribution in [0, 0.1) is 18.6 Å². The van der Waals surface area contributed by atoms with E-state index in [1.807, 2.05) is 0 Å². The Bertz CT molecular complexity index is 669. The summed E-state index contributed by atoms with van der Waals surface area (Å²) in [5.74, 6) is -2.59. The van der Waals surface area contributed by atoms with E-state index in [2.05, 4.69) is 0 Å². The van der Waals surface area contributed by atoms with E-state index in [9.17, 15) is 13.6 Å². The average Bonchev–Trinajstić information content (AvgIpc) is 2.35. The number of aryl methyl sites for hydroxylation is 1. The van der Waals surface area contributed by atoms with Crippen LogP contribution >= 0.6 is 11.6 Å². The highest BCUT2D eigenvalue weighted by atomic mass is 35.5. The zero-order valence-electron chi connectivity index (χ0n) is 9.88. The molecule has 2 aromatic carbocycles. The van der Waals surface area contributed by atoms with Crippen molar-refractivity contribution in [2.45, 2.75) is 6.92 Å². The molecule has 2 rings (SSSR count). The zero-order chi connectivity index (χ0) is 14.2. The van der Waals surface area contributed by atoms with Crippen LogP contribution in [0.2, 0.25) is 5.02 Å². The second-order valence-electron chi connectivity index (χ2n) is 4.08. The number of carbonyl (C=O) groups is 1. The third-order valence-electron chi connectivity index (χ3n) is 2.75. The van der Waals surface area contributed by atoms with E-state index in [1.165, 1.54) is 25.1 Å². The fourth-order valence-corrected chi connectivity index (χ4v) is 1.96. The van der Waals surface area contributed by atoms with Crippen LogP contribution in [-0.2, 0) is 0 Å². The summed E-state index contributed by atoms with van der Waals surface area (Å²) >= 11 is 5.78. The van der Waals surface area contributed by atoms with Gasteiger partial charge in [0.25, 0.3) is 0 Å². The van der Waals surface area contributed by atoms with Crippen molar-refractivity contribution in [3.63, 3.8) is 0 Å². The Labute approximate surface area is 113 Å². The molecule has 0 aromatic heterocycles. The SMILES string of the molecule is Cc1cc(-c2cc(Cl)ccc2F)c(C(=O)O)cc1F. The molecule has 0 heterocycles. The van der Waals surface area contributed by atoms with Crippen LogP contribution in [0.3, 0.4) is 0 Å². The van der Waals surface area contributed by atoms with Crippen LogP contribution in [0.15, 0.2) is 30.3 Å².